The second kappa shape index (κ2) is 5.62. The average molecular weight is 250 g/mol. The molecular weight excluding hydrogens is 236 g/mol. The van der Waals surface area contributed by atoms with Gasteiger partial charge < -0.3 is 5.73 Å². The number of anilines is 1. The molecule has 7 heteroatoms. The third-order valence-corrected chi connectivity index (χ3v) is 3.20. The SMILES string of the molecule is CCCn1nnnc1CSc1ncccc1N. The fourth-order valence-corrected chi connectivity index (χ4v) is 2.21. The van der Waals surface area contributed by atoms with E-state index in [0.29, 0.717) is 11.4 Å². The molecular formula is C10H14N6S. The van der Waals surface area contributed by atoms with Gasteiger partial charge >= 0.3 is 0 Å². The number of hydrogen-bond donors (Lipinski definition) is 1. The van der Waals surface area contributed by atoms with Crippen molar-refractivity contribution in [2.45, 2.75) is 30.7 Å². The second-order valence-corrected chi connectivity index (χ2v) is 4.47. The van der Waals surface area contributed by atoms with Gasteiger partial charge in [0, 0.05) is 12.7 Å². The highest BCUT2D eigenvalue weighted by Crippen LogP contribution is 2.24. The van der Waals surface area contributed by atoms with Gasteiger partial charge in [0.25, 0.3) is 0 Å². The summed E-state index contributed by atoms with van der Waals surface area (Å²) in [6.07, 6.45) is 2.74. The Morgan fingerprint density at radius 3 is 3.12 bits per heavy atom. The van der Waals surface area contributed by atoms with Crippen molar-refractivity contribution in [1.29, 1.82) is 0 Å². The van der Waals surface area contributed by atoms with Crippen LogP contribution in [0.5, 0.6) is 0 Å². The van der Waals surface area contributed by atoms with Crippen molar-refractivity contribution in [2.75, 3.05) is 5.73 Å². The Bertz CT molecular complexity index is 483. The van der Waals surface area contributed by atoms with Crippen molar-refractivity contribution < 1.29 is 0 Å². The van der Waals surface area contributed by atoms with E-state index in [9.17, 15) is 0 Å². The summed E-state index contributed by atoms with van der Waals surface area (Å²) in [6, 6.07) is 3.66. The van der Waals surface area contributed by atoms with Gasteiger partial charge in [-0.3, -0.25) is 0 Å². The van der Waals surface area contributed by atoms with Crippen LogP contribution in [0.15, 0.2) is 23.4 Å². The minimum absolute atomic E-state index is 0.675. The van der Waals surface area contributed by atoms with Gasteiger partial charge in [0.15, 0.2) is 5.82 Å². The topological polar surface area (TPSA) is 82.5 Å². The van der Waals surface area contributed by atoms with Gasteiger partial charge in [0.1, 0.15) is 5.03 Å². The number of nitrogen functional groups attached to an aromatic ring is 1. The molecule has 0 aliphatic rings. The number of pyridine rings is 1. The quantitative estimate of drug-likeness (QED) is 0.807. The number of nitrogens with zero attached hydrogens (tertiary/aromatic N) is 5. The van der Waals surface area contributed by atoms with Crippen LogP contribution in [0, 0.1) is 0 Å². The first kappa shape index (κ1) is 11.8. The maximum Gasteiger partial charge on any atom is 0.161 e. The van der Waals surface area contributed by atoms with Gasteiger partial charge in [-0.2, -0.15) is 0 Å². The zero-order chi connectivity index (χ0) is 12.1. The number of nitrogens with two attached hydrogens (primary N) is 1. The predicted molar refractivity (Wildman–Crippen MR) is 66.3 cm³/mol. The predicted octanol–water partition coefficient (Wildman–Crippen LogP) is 1.35. The molecule has 2 heterocycles. The average Bonchev–Trinajstić information content (AvgIpc) is 2.76. The van der Waals surface area contributed by atoms with E-state index < -0.39 is 0 Å². The maximum atomic E-state index is 5.81. The Kier molecular flexibility index (Phi) is 3.92. The van der Waals surface area contributed by atoms with E-state index >= 15 is 0 Å². The Morgan fingerprint density at radius 1 is 1.47 bits per heavy atom. The standard InChI is InChI=1S/C10H14N6S/c1-2-6-16-9(13-14-15-16)7-17-10-8(11)4-3-5-12-10/h3-5H,2,6-7,11H2,1H3. The number of rotatable bonds is 5. The summed E-state index contributed by atoms with van der Waals surface area (Å²) in [6.45, 7) is 2.93. The van der Waals surface area contributed by atoms with Gasteiger partial charge in [0.05, 0.1) is 11.4 Å². The lowest BCUT2D eigenvalue weighted by molar-refractivity contribution is 0.564. The molecule has 0 aliphatic heterocycles. The van der Waals surface area contributed by atoms with E-state index in [1.54, 1.807) is 18.0 Å². The molecule has 0 aliphatic carbocycles. The van der Waals surface area contributed by atoms with E-state index in [-0.39, 0.29) is 0 Å². The molecule has 17 heavy (non-hydrogen) atoms. The Hall–Kier alpha value is -1.63. The molecule has 0 saturated carbocycles. The van der Waals surface area contributed by atoms with Gasteiger partial charge in [-0.1, -0.05) is 18.7 Å². The van der Waals surface area contributed by atoms with Crippen LogP contribution in [-0.2, 0) is 12.3 Å². The molecule has 6 nitrogen and oxygen atoms in total. The molecule has 0 bridgehead atoms. The van der Waals surface area contributed by atoms with Crippen molar-refractivity contribution in [3.05, 3.63) is 24.2 Å². The Morgan fingerprint density at radius 2 is 2.35 bits per heavy atom. The highest BCUT2D eigenvalue weighted by atomic mass is 32.2. The van der Waals surface area contributed by atoms with Crippen LogP contribution in [0.3, 0.4) is 0 Å². The molecule has 2 N–H and O–H groups in total. The monoisotopic (exact) mass is 250 g/mol. The van der Waals surface area contributed by atoms with Crippen molar-refractivity contribution in [1.82, 2.24) is 25.2 Å². The van der Waals surface area contributed by atoms with E-state index in [2.05, 4.69) is 27.4 Å². The molecule has 0 fully saturated rings. The minimum atomic E-state index is 0.675. The first-order valence-corrected chi connectivity index (χ1v) is 6.38. The number of aryl methyl sites for hydroxylation is 1. The van der Waals surface area contributed by atoms with Gasteiger partial charge in [0.2, 0.25) is 0 Å². The largest absolute Gasteiger partial charge is 0.397 e. The summed E-state index contributed by atoms with van der Waals surface area (Å²) < 4.78 is 1.81. The summed E-state index contributed by atoms with van der Waals surface area (Å²) in [5.74, 6) is 1.52. The van der Waals surface area contributed by atoms with E-state index in [1.165, 1.54) is 0 Å². The summed E-state index contributed by atoms with van der Waals surface area (Å²) in [5, 5.41) is 12.4. The number of hydrogen-bond acceptors (Lipinski definition) is 6. The van der Waals surface area contributed by atoms with Crippen LogP contribution in [0.4, 0.5) is 5.69 Å². The summed E-state index contributed by atoms with van der Waals surface area (Å²) in [5.41, 5.74) is 6.50. The zero-order valence-corrected chi connectivity index (χ0v) is 10.4. The van der Waals surface area contributed by atoms with Crippen LogP contribution < -0.4 is 5.73 Å². The molecule has 0 atom stereocenters. The zero-order valence-electron chi connectivity index (χ0n) is 9.58. The van der Waals surface area contributed by atoms with Crippen LogP contribution in [0.2, 0.25) is 0 Å². The molecule has 0 unspecified atom stereocenters. The van der Waals surface area contributed by atoms with Crippen molar-refractivity contribution >= 4 is 17.4 Å². The fourth-order valence-electron chi connectivity index (χ4n) is 1.37. The van der Waals surface area contributed by atoms with Gasteiger partial charge in [-0.25, -0.2) is 9.67 Å². The summed E-state index contributed by atoms with van der Waals surface area (Å²) in [7, 11) is 0. The second-order valence-electron chi connectivity index (χ2n) is 3.50. The summed E-state index contributed by atoms with van der Waals surface area (Å²) >= 11 is 1.55. The van der Waals surface area contributed by atoms with Crippen molar-refractivity contribution in [2.24, 2.45) is 0 Å². The first-order chi connectivity index (χ1) is 8.31. The molecule has 0 amide bonds. The normalized spacial score (nSPS) is 10.6. The van der Waals surface area contributed by atoms with Crippen LogP contribution in [-0.4, -0.2) is 25.2 Å². The smallest absolute Gasteiger partial charge is 0.161 e. The summed E-state index contributed by atoms with van der Waals surface area (Å²) in [4.78, 5) is 4.21. The van der Waals surface area contributed by atoms with Crippen molar-refractivity contribution in [3.8, 4) is 0 Å². The lowest BCUT2D eigenvalue weighted by Crippen LogP contribution is -2.04. The van der Waals surface area contributed by atoms with Crippen LogP contribution in [0.25, 0.3) is 0 Å². The van der Waals surface area contributed by atoms with Crippen LogP contribution in [0.1, 0.15) is 19.2 Å². The Balaban J connectivity index is 2.02. The highest BCUT2D eigenvalue weighted by molar-refractivity contribution is 7.98. The van der Waals surface area contributed by atoms with Gasteiger partial charge in [-0.05, 0) is 29.0 Å². The molecule has 0 radical (unpaired) electrons. The highest BCUT2D eigenvalue weighted by Gasteiger charge is 2.07. The van der Waals surface area contributed by atoms with Crippen LogP contribution >= 0.6 is 11.8 Å². The minimum Gasteiger partial charge on any atom is -0.397 e. The van der Waals surface area contributed by atoms with Gasteiger partial charge in [-0.15, -0.1) is 5.10 Å². The van der Waals surface area contributed by atoms with Crippen molar-refractivity contribution in [3.63, 3.8) is 0 Å². The lowest BCUT2D eigenvalue weighted by atomic mass is 10.4. The molecule has 2 aromatic heterocycles. The maximum absolute atomic E-state index is 5.81. The number of thioether (sulfide) groups is 1. The third-order valence-electron chi connectivity index (χ3n) is 2.18. The molecule has 0 saturated heterocycles. The first-order valence-electron chi connectivity index (χ1n) is 5.39. The molecule has 90 valence electrons. The third kappa shape index (κ3) is 2.94. The van der Waals surface area contributed by atoms with E-state index in [0.717, 1.165) is 23.8 Å². The van der Waals surface area contributed by atoms with E-state index in [1.807, 2.05) is 16.8 Å². The molecule has 2 rings (SSSR count). The van der Waals surface area contributed by atoms with E-state index in [4.69, 9.17) is 5.73 Å². The lowest BCUT2D eigenvalue weighted by Gasteiger charge is -2.04. The fraction of sp³-hybridized carbons (Fsp3) is 0.400. The Labute approximate surface area is 104 Å². The number of aromatic nitrogens is 5. The number of tetrazole rings is 1. The molecule has 0 aromatic carbocycles. The molecule has 0 spiro atoms. The molecule has 2 aromatic rings.